The summed E-state index contributed by atoms with van der Waals surface area (Å²) >= 11 is 0. The molecule has 1 saturated heterocycles. The maximum Gasteiger partial charge on any atom is 0.277 e. The van der Waals surface area contributed by atoms with Crippen LogP contribution >= 0.6 is 0 Å². The van der Waals surface area contributed by atoms with Crippen LogP contribution in [0.4, 0.5) is 0 Å². The van der Waals surface area contributed by atoms with Crippen molar-refractivity contribution in [2.24, 2.45) is 0 Å². The second-order valence-electron chi connectivity index (χ2n) is 6.45. The lowest BCUT2D eigenvalue weighted by molar-refractivity contribution is -0.134. The van der Waals surface area contributed by atoms with E-state index in [1.54, 1.807) is 18.2 Å². The fraction of sp³-hybridized carbons (Fsp3) is 0.556. The molecule has 1 N–H and O–H groups in total. The number of benzene rings is 1. The smallest absolute Gasteiger partial charge is 0.277 e. The van der Waals surface area contributed by atoms with E-state index >= 15 is 0 Å². The Hall–Kier alpha value is -2.28. The molecule has 134 valence electrons. The van der Waals surface area contributed by atoms with Crippen molar-refractivity contribution in [1.29, 1.82) is 0 Å². The zero-order chi connectivity index (χ0) is 17.6. The normalized spacial score (nSPS) is 15.4. The van der Waals surface area contributed by atoms with Crippen molar-refractivity contribution in [1.82, 2.24) is 25.2 Å². The Morgan fingerprint density at radius 1 is 1.32 bits per heavy atom. The number of rotatable bonds is 6. The van der Waals surface area contributed by atoms with Gasteiger partial charge in [-0.05, 0) is 44.5 Å². The van der Waals surface area contributed by atoms with Gasteiger partial charge in [-0.15, -0.1) is 5.10 Å². The molecule has 1 aromatic heterocycles. The first kappa shape index (κ1) is 17.5. The molecule has 1 amide bonds. The summed E-state index contributed by atoms with van der Waals surface area (Å²) in [5, 5.41) is 11.9. The van der Waals surface area contributed by atoms with E-state index in [1.807, 2.05) is 11.0 Å². The maximum atomic E-state index is 12.7. The Kier molecular flexibility index (Phi) is 5.75. The van der Waals surface area contributed by atoms with Crippen molar-refractivity contribution >= 4 is 16.8 Å². The molecule has 25 heavy (non-hydrogen) atoms. The number of amides is 1. The van der Waals surface area contributed by atoms with Gasteiger partial charge in [0.15, 0.2) is 0 Å². The number of hydrogen-bond donors (Lipinski definition) is 1. The highest BCUT2D eigenvalue weighted by Crippen LogP contribution is 2.14. The van der Waals surface area contributed by atoms with Crippen LogP contribution < -0.4 is 10.9 Å². The Morgan fingerprint density at radius 2 is 2.08 bits per heavy atom. The van der Waals surface area contributed by atoms with Gasteiger partial charge in [0.05, 0.1) is 11.9 Å². The Balaban J connectivity index is 1.70. The molecule has 0 bridgehead atoms. The molecule has 1 aliphatic heterocycles. The minimum absolute atomic E-state index is 0.0932. The van der Waals surface area contributed by atoms with Crippen molar-refractivity contribution in [3.05, 3.63) is 34.6 Å². The quantitative estimate of drug-likeness (QED) is 0.852. The molecule has 0 atom stereocenters. The predicted molar refractivity (Wildman–Crippen MR) is 96.3 cm³/mol. The van der Waals surface area contributed by atoms with Gasteiger partial charge in [0.25, 0.3) is 5.56 Å². The number of fused-ring (bicyclic) bond motifs is 1. The summed E-state index contributed by atoms with van der Waals surface area (Å²) in [7, 11) is 0. The van der Waals surface area contributed by atoms with Crippen LogP contribution in [0.2, 0.25) is 0 Å². The second-order valence-corrected chi connectivity index (χ2v) is 6.45. The average molecular weight is 343 g/mol. The van der Waals surface area contributed by atoms with Crippen LogP contribution in [0, 0.1) is 0 Å². The second kappa shape index (κ2) is 8.20. The maximum absolute atomic E-state index is 12.7. The van der Waals surface area contributed by atoms with Crippen LogP contribution in [0.25, 0.3) is 10.9 Å². The summed E-state index contributed by atoms with van der Waals surface area (Å²) in [6.45, 7) is 5.02. The molecule has 3 rings (SSSR count). The number of carbonyl (C=O) groups excluding carboxylic acids is 1. The molecule has 7 nitrogen and oxygen atoms in total. The molecule has 0 unspecified atom stereocenters. The highest BCUT2D eigenvalue weighted by atomic mass is 16.2. The summed E-state index contributed by atoms with van der Waals surface area (Å²) in [5.74, 6) is 0.0932. The van der Waals surface area contributed by atoms with E-state index in [1.165, 1.54) is 4.68 Å². The van der Waals surface area contributed by atoms with Gasteiger partial charge in [-0.1, -0.05) is 24.3 Å². The Morgan fingerprint density at radius 3 is 2.84 bits per heavy atom. The number of carbonyl (C=O) groups is 1. The fourth-order valence-corrected chi connectivity index (χ4v) is 3.39. The summed E-state index contributed by atoms with van der Waals surface area (Å²) in [6.07, 6.45) is 3.19. The van der Waals surface area contributed by atoms with Gasteiger partial charge in [0.2, 0.25) is 5.91 Å². The van der Waals surface area contributed by atoms with Crippen LogP contribution in [0.3, 0.4) is 0 Å². The highest BCUT2D eigenvalue weighted by molar-refractivity contribution is 5.77. The Bertz CT molecular complexity index is 782. The van der Waals surface area contributed by atoms with Crippen molar-refractivity contribution in [3.63, 3.8) is 0 Å². The van der Waals surface area contributed by atoms with Crippen LogP contribution in [-0.2, 0) is 11.3 Å². The largest absolute Gasteiger partial charge is 0.340 e. The summed E-state index contributed by atoms with van der Waals surface area (Å²) in [5.41, 5.74) is 0.389. The SMILES string of the molecule is CCCN(C(=O)CCn1nnc2ccccc2c1=O)C1CCNCC1. The van der Waals surface area contributed by atoms with Crippen LogP contribution in [-0.4, -0.2) is 51.5 Å². The summed E-state index contributed by atoms with van der Waals surface area (Å²) < 4.78 is 1.30. The van der Waals surface area contributed by atoms with E-state index < -0.39 is 0 Å². The molecule has 0 spiro atoms. The molecule has 0 saturated carbocycles. The lowest BCUT2D eigenvalue weighted by atomic mass is 10.0. The first-order valence-electron chi connectivity index (χ1n) is 9.03. The number of nitrogens with one attached hydrogen (secondary N) is 1. The van der Waals surface area contributed by atoms with Crippen molar-refractivity contribution < 1.29 is 4.79 Å². The average Bonchev–Trinajstić information content (AvgIpc) is 2.66. The molecule has 7 heteroatoms. The van der Waals surface area contributed by atoms with Crippen LogP contribution in [0.15, 0.2) is 29.1 Å². The van der Waals surface area contributed by atoms with Crippen LogP contribution in [0.1, 0.15) is 32.6 Å². The molecule has 2 heterocycles. The van der Waals surface area contributed by atoms with Gasteiger partial charge >= 0.3 is 0 Å². The minimum Gasteiger partial charge on any atom is -0.340 e. The zero-order valence-corrected chi connectivity index (χ0v) is 14.6. The predicted octanol–water partition coefficient (Wildman–Crippen LogP) is 1.17. The van der Waals surface area contributed by atoms with Crippen LogP contribution in [0.5, 0.6) is 0 Å². The summed E-state index contributed by atoms with van der Waals surface area (Å²) in [6, 6.07) is 7.43. The minimum atomic E-state index is -0.192. The third-order valence-electron chi connectivity index (χ3n) is 4.70. The van der Waals surface area contributed by atoms with E-state index in [-0.39, 0.29) is 24.4 Å². The third-order valence-corrected chi connectivity index (χ3v) is 4.70. The lowest BCUT2D eigenvalue weighted by Crippen LogP contribution is -2.46. The molecular formula is C18H25N5O2. The Labute approximate surface area is 147 Å². The first-order valence-corrected chi connectivity index (χ1v) is 9.03. The number of piperidine rings is 1. The standard InChI is InChI=1S/C18H25N5O2/c1-2-12-22(14-7-10-19-11-8-14)17(24)9-13-23-18(25)15-5-3-4-6-16(15)20-21-23/h3-6,14,19H,2,7-13H2,1H3. The van der Waals surface area contributed by atoms with E-state index in [0.29, 0.717) is 16.9 Å². The monoisotopic (exact) mass is 343 g/mol. The van der Waals surface area contributed by atoms with E-state index in [4.69, 9.17) is 0 Å². The molecule has 2 aromatic rings. The number of hydrogen-bond acceptors (Lipinski definition) is 5. The van der Waals surface area contributed by atoms with Gasteiger partial charge in [0.1, 0.15) is 5.52 Å². The van der Waals surface area contributed by atoms with E-state index in [9.17, 15) is 9.59 Å². The van der Waals surface area contributed by atoms with E-state index in [2.05, 4.69) is 22.6 Å². The van der Waals surface area contributed by atoms with Crippen molar-refractivity contribution in [2.75, 3.05) is 19.6 Å². The van der Waals surface area contributed by atoms with Gasteiger partial charge in [-0.25, -0.2) is 4.68 Å². The molecular weight excluding hydrogens is 318 g/mol. The first-order chi connectivity index (χ1) is 12.2. The molecule has 0 radical (unpaired) electrons. The highest BCUT2D eigenvalue weighted by Gasteiger charge is 2.24. The zero-order valence-electron chi connectivity index (χ0n) is 14.6. The van der Waals surface area contributed by atoms with Gasteiger partial charge in [-0.3, -0.25) is 9.59 Å². The number of nitrogens with zero attached hydrogens (tertiary/aromatic N) is 4. The summed E-state index contributed by atoms with van der Waals surface area (Å²) in [4.78, 5) is 27.2. The van der Waals surface area contributed by atoms with Gasteiger partial charge in [-0.2, -0.15) is 0 Å². The number of aromatic nitrogens is 3. The lowest BCUT2D eigenvalue weighted by Gasteiger charge is -2.34. The topological polar surface area (TPSA) is 80.1 Å². The van der Waals surface area contributed by atoms with Crippen molar-refractivity contribution in [2.45, 2.75) is 45.2 Å². The molecule has 1 fully saturated rings. The fourth-order valence-electron chi connectivity index (χ4n) is 3.39. The molecule has 1 aromatic carbocycles. The molecule has 0 aliphatic carbocycles. The van der Waals surface area contributed by atoms with E-state index in [0.717, 1.165) is 38.9 Å². The number of aryl methyl sites for hydroxylation is 1. The van der Waals surface area contributed by atoms with Gasteiger partial charge < -0.3 is 10.2 Å². The van der Waals surface area contributed by atoms with Crippen molar-refractivity contribution in [3.8, 4) is 0 Å². The third kappa shape index (κ3) is 4.04. The van der Waals surface area contributed by atoms with Gasteiger partial charge in [0, 0.05) is 19.0 Å². The molecule has 1 aliphatic rings.